The van der Waals surface area contributed by atoms with Crippen LogP contribution in [0.1, 0.15) is 94.0 Å². The van der Waals surface area contributed by atoms with Crippen molar-refractivity contribution in [2.24, 2.45) is 5.92 Å². The summed E-state index contributed by atoms with van der Waals surface area (Å²) in [5.41, 5.74) is 2.54. The number of carbonyl (C=O) groups excluding carboxylic acids is 1. The van der Waals surface area contributed by atoms with Gasteiger partial charge in [0, 0.05) is 18.0 Å². The summed E-state index contributed by atoms with van der Waals surface area (Å²) in [6.45, 7) is 9.00. The monoisotopic (exact) mass is 528 g/mol. The van der Waals surface area contributed by atoms with Gasteiger partial charge in [0.05, 0.1) is 12.2 Å². The van der Waals surface area contributed by atoms with Crippen molar-refractivity contribution in [3.05, 3.63) is 84.7 Å². The number of rotatable bonds is 18. The van der Waals surface area contributed by atoms with Crippen LogP contribution in [0.15, 0.2) is 73.6 Å². The van der Waals surface area contributed by atoms with Crippen LogP contribution >= 0.6 is 0 Å². The molecule has 2 aromatic carbocycles. The molecule has 0 bridgehead atoms. The molecule has 0 spiro atoms. The molecule has 1 aromatic heterocycles. The molecule has 0 fully saturated rings. The minimum atomic E-state index is -0.400. The Balaban J connectivity index is 1.40. The zero-order chi connectivity index (χ0) is 27.7. The number of benzene rings is 2. The fraction of sp³-hybridized carbons (Fsp3) is 0.441. The van der Waals surface area contributed by atoms with Crippen molar-refractivity contribution < 1.29 is 14.3 Å². The maximum Gasteiger partial charge on any atom is 0.343 e. The highest BCUT2D eigenvalue weighted by Gasteiger charge is 2.10. The molecule has 0 saturated carbocycles. The summed E-state index contributed by atoms with van der Waals surface area (Å²) < 4.78 is 11.4. The van der Waals surface area contributed by atoms with E-state index in [4.69, 9.17) is 9.47 Å². The van der Waals surface area contributed by atoms with Crippen LogP contribution in [0.4, 0.5) is 0 Å². The molecule has 5 heteroatoms. The van der Waals surface area contributed by atoms with Gasteiger partial charge < -0.3 is 9.47 Å². The molecule has 208 valence electrons. The molecule has 0 amide bonds. The first-order chi connectivity index (χ1) is 19.1. The van der Waals surface area contributed by atoms with Gasteiger partial charge in [0.25, 0.3) is 0 Å². The minimum absolute atomic E-state index is 0.400. The number of hydrogen-bond donors (Lipinski definition) is 0. The second-order valence-corrected chi connectivity index (χ2v) is 10.3. The zero-order valence-corrected chi connectivity index (χ0v) is 23.7. The summed E-state index contributed by atoms with van der Waals surface area (Å²) in [7, 11) is 0. The summed E-state index contributed by atoms with van der Waals surface area (Å²) in [5, 5.41) is 0. The number of ether oxygens (including phenoxy) is 2. The Bertz CT molecular complexity index is 1110. The van der Waals surface area contributed by atoms with E-state index in [9.17, 15) is 4.79 Å². The number of esters is 1. The number of nitrogens with zero attached hydrogens (tertiary/aromatic N) is 2. The van der Waals surface area contributed by atoms with Crippen molar-refractivity contribution in [2.75, 3.05) is 6.61 Å². The lowest BCUT2D eigenvalue weighted by Gasteiger charge is -2.08. The minimum Gasteiger partial charge on any atom is -0.494 e. The van der Waals surface area contributed by atoms with Gasteiger partial charge in [-0.15, -0.1) is 6.58 Å². The maximum atomic E-state index is 12.6. The molecule has 3 rings (SSSR count). The average molecular weight is 529 g/mol. The van der Waals surface area contributed by atoms with Crippen molar-refractivity contribution in [1.82, 2.24) is 9.97 Å². The van der Waals surface area contributed by atoms with Crippen molar-refractivity contribution in [3.63, 3.8) is 0 Å². The summed E-state index contributed by atoms with van der Waals surface area (Å²) in [6, 6.07) is 14.4. The highest BCUT2D eigenvalue weighted by molar-refractivity contribution is 5.91. The van der Waals surface area contributed by atoms with E-state index in [-0.39, 0.29) is 0 Å². The Morgan fingerprint density at radius 3 is 2.23 bits per heavy atom. The Hall–Kier alpha value is -3.47. The molecule has 0 saturated heterocycles. The largest absolute Gasteiger partial charge is 0.494 e. The van der Waals surface area contributed by atoms with E-state index in [0.717, 1.165) is 42.9 Å². The number of aromatic nitrogens is 2. The number of aryl methyl sites for hydroxylation is 1. The van der Waals surface area contributed by atoms with E-state index in [0.29, 0.717) is 23.7 Å². The maximum absolute atomic E-state index is 12.6. The third kappa shape index (κ3) is 11.0. The summed E-state index contributed by atoms with van der Waals surface area (Å²) in [6.07, 6.45) is 18.7. The lowest BCUT2D eigenvalue weighted by atomic mass is 10.00. The van der Waals surface area contributed by atoms with Crippen LogP contribution in [0, 0.1) is 5.92 Å². The first-order valence-electron chi connectivity index (χ1n) is 14.6. The molecule has 1 atom stereocenters. The molecule has 3 aromatic rings. The molecular formula is C34H44N2O3. The quantitative estimate of drug-likeness (QED) is 0.0713. The highest BCUT2D eigenvalue weighted by atomic mass is 16.5. The fourth-order valence-electron chi connectivity index (χ4n) is 4.30. The molecule has 0 N–H and O–H groups in total. The van der Waals surface area contributed by atoms with Crippen molar-refractivity contribution in [2.45, 2.75) is 84.5 Å². The SMILES string of the molecule is C=CCCCCCCCOc1ccc(C(=O)Oc2ccc(-c3ncc(CCCC[C@@H](C)CC)cn3)cc2)cc1. The molecular weight excluding hydrogens is 484 g/mol. The summed E-state index contributed by atoms with van der Waals surface area (Å²) >= 11 is 0. The lowest BCUT2D eigenvalue weighted by Crippen LogP contribution is -2.08. The Morgan fingerprint density at radius 1 is 0.872 bits per heavy atom. The number of allylic oxidation sites excluding steroid dienone is 1. The van der Waals surface area contributed by atoms with Gasteiger partial charge in [0.15, 0.2) is 5.82 Å². The van der Waals surface area contributed by atoms with E-state index in [1.165, 1.54) is 50.5 Å². The van der Waals surface area contributed by atoms with E-state index in [1.54, 1.807) is 24.3 Å². The van der Waals surface area contributed by atoms with E-state index >= 15 is 0 Å². The van der Waals surface area contributed by atoms with Crippen LogP contribution in [-0.4, -0.2) is 22.5 Å². The van der Waals surface area contributed by atoms with Crippen molar-refractivity contribution in [1.29, 1.82) is 0 Å². The van der Waals surface area contributed by atoms with Crippen LogP contribution in [0.25, 0.3) is 11.4 Å². The van der Waals surface area contributed by atoms with Crippen LogP contribution in [0.2, 0.25) is 0 Å². The van der Waals surface area contributed by atoms with Crippen LogP contribution in [0.5, 0.6) is 11.5 Å². The predicted molar refractivity (Wildman–Crippen MR) is 159 cm³/mol. The third-order valence-electron chi connectivity index (χ3n) is 7.05. The highest BCUT2D eigenvalue weighted by Crippen LogP contribution is 2.21. The van der Waals surface area contributed by atoms with E-state index < -0.39 is 5.97 Å². The van der Waals surface area contributed by atoms with Crippen LogP contribution in [0.3, 0.4) is 0 Å². The van der Waals surface area contributed by atoms with Crippen molar-refractivity contribution >= 4 is 5.97 Å². The van der Waals surface area contributed by atoms with Gasteiger partial charge in [-0.1, -0.05) is 58.4 Å². The molecule has 1 heterocycles. The number of hydrogen-bond acceptors (Lipinski definition) is 5. The molecule has 0 aliphatic rings. The molecule has 0 aliphatic carbocycles. The second kappa shape index (κ2) is 17.2. The summed E-state index contributed by atoms with van der Waals surface area (Å²) in [4.78, 5) is 21.7. The first-order valence-corrected chi connectivity index (χ1v) is 14.6. The Morgan fingerprint density at radius 2 is 1.54 bits per heavy atom. The molecule has 0 radical (unpaired) electrons. The smallest absolute Gasteiger partial charge is 0.343 e. The fourth-order valence-corrected chi connectivity index (χ4v) is 4.30. The van der Waals surface area contributed by atoms with Crippen LogP contribution in [-0.2, 0) is 6.42 Å². The zero-order valence-electron chi connectivity index (χ0n) is 23.7. The topological polar surface area (TPSA) is 61.3 Å². The summed E-state index contributed by atoms with van der Waals surface area (Å²) in [5.74, 6) is 2.31. The van der Waals surface area contributed by atoms with Gasteiger partial charge in [-0.2, -0.15) is 0 Å². The molecule has 5 nitrogen and oxygen atoms in total. The van der Waals surface area contributed by atoms with Crippen molar-refractivity contribution in [3.8, 4) is 22.9 Å². The van der Waals surface area contributed by atoms with Gasteiger partial charge in [-0.25, -0.2) is 14.8 Å². The predicted octanol–water partition coefficient (Wildman–Crippen LogP) is 9.03. The Kier molecular flexibility index (Phi) is 13.3. The number of unbranched alkanes of at least 4 members (excludes halogenated alkanes) is 6. The van der Waals surface area contributed by atoms with E-state index in [1.807, 2.05) is 42.7 Å². The average Bonchev–Trinajstić information content (AvgIpc) is 2.97. The molecule has 0 unspecified atom stereocenters. The standard InChI is InChI=1S/C34H44N2O3/c1-4-6-7-8-9-10-13-24-38-31-20-18-30(19-21-31)34(37)39-32-22-16-29(17-23-32)33-35-25-28(26-36-33)15-12-11-14-27(3)5-2/h4,16-23,25-27H,1,5-15,24H2,2-3H3/t27-/m0/s1. The second-order valence-electron chi connectivity index (χ2n) is 10.3. The Labute approximate surface area is 234 Å². The van der Waals surface area contributed by atoms with Gasteiger partial charge in [-0.05, 0) is 92.1 Å². The lowest BCUT2D eigenvalue weighted by molar-refractivity contribution is 0.0734. The van der Waals surface area contributed by atoms with Gasteiger partial charge >= 0.3 is 5.97 Å². The first kappa shape index (κ1) is 30.1. The molecule has 0 aliphatic heterocycles. The van der Waals surface area contributed by atoms with E-state index in [2.05, 4.69) is 30.4 Å². The van der Waals surface area contributed by atoms with Gasteiger partial charge in [-0.3, -0.25) is 0 Å². The van der Waals surface area contributed by atoms with Crippen LogP contribution < -0.4 is 9.47 Å². The van der Waals surface area contributed by atoms with Gasteiger partial charge in [0.2, 0.25) is 0 Å². The number of carbonyl (C=O) groups is 1. The normalized spacial score (nSPS) is 11.6. The van der Waals surface area contributed by atoms with Gasteiger partial charge in [0.1, 0.15) is 11.5 Å². The molecule has 39 heavy (non-hydrogen) atoms. The third-order valence-corrected chi connectivity index (χ3v) is 7.05.